The van der Waals surface area contributed by atoms with Crippen LogP contribution in [0.2, 0.25) is 0 Å². The number of hydrogen-bond donors (Lipinski definition) is 2. The lowest BCUT2D eigenvalue weighted by Crippen LogP contribution is -2.28. The number of nitrogens with two attached hydrogens (primary N) is 1. The molecule has 4 nitrogen and oxygen atoms in total. The van der Waals surface area contributed by atoms with Crippen LogP contribution in [-0.2, 0) is 6.54 Å². The molecule has 0 bridgehead atoms. The van der Waals surface area contributed by atoms with Crippen molar-refractivity contribution < 1.29 is 9.53 Å². The minimum absolute atomic E-state index is 0. The molecule has 0 radical (unpaired) electrons. The van der Waals surface area contributed by atoms with E-state index in [-0.39, 0.29) is 12.4 Å². The number of benzene rings is 1. The van der Waals surface area contributed by atoms with E-state index in [0.29, 0.717) is 6.54 Å². The maximum atomic E-state index is 10.4. The normalized spacial score (nSPS) is 8.64. The van der Waals surface area contributed by atoms with Gasteiger partial charge in [-0.3, -0.25) is 0 Å². The summed E-state index contributed by atoms with van der Waals surface area (Å²) in [5.74, 6) is 0.747. The molecule has 78 valence electrons. The van der Waals surface area contributed by atoms with Crippen molar-refractivity contribution in [1.82, 2.24) is 5.32 Å². The Hall–Kier alpha value is -1.42. The summed E-state index contributed by atoms with van der Waals surface area (Å²) >= 11 is 0. The highest BCUT2D eigenvalue weighted by Crippen LogP contribution is 2.16. The summed E-state index contributed by atoms with van der Waals surface area (Å²) in [5.41, 5.74) is 5.85. The lowest BCUT2D eigenvalue weighted by atomic mass is 10.2. The molecule has 0 aromatic heterocycles. The Balaban J connectivity index is 0.00000169. The van der Waals surface area contributed by atoms with E-state index in [1.807, 2.05) is 24.3 Å². The molecule has 0 aliphatic carbocycles. The fourth-order valence-corrected chi connectivity index (χ4v) is 1.03. The Bertz CT molecular complexity index is 305. The second-order valence-electron chi connectivity index (χ2n) is 2.53. The number of amides is 2. The average Bonchev–Trinajstić information content (AvgIpc) is 2.15. The second-order valence-corrected chi connectivity index (χ2v) is 2.53. The van der Waals surface area contributed by atoms with Crippen LogP contribution in [-0.4, -0.2) is 13.1 Å². The van der Waals surface area contributed by atoms with E-state index in [0.717, 1.165) is 11.3 Å². The summed E-state index contributed by atoms with van der Waals surface area (Å²) in [5, 5.41) is 2.50. The standard InChI is InChI=1S/C9H12N2O2.ClH/c1-13-8-5-3-2-4-7(8)6-11-9(10)12;/h2-5H,6H2,1H3,(H3,10,11,12);1H. The first-order chi connectivity index (χ1) is 6.24. The number of nitrogens with one attached hydrogen (secondary N) is 1. The number of hydrogen-bond acceptors (Lipinski definition) is 2. The molecule has 0 unspecified atom stereocenters. The Morgan fingerprint density at radius 3 is 2.71 bits per heavy atom. The summed E-state index contributed by atoms with van der Waals surface area (Å²) in [7, 11) is 1.59. The fraction of sp³-hybridized carbons (Fsp3) is 0.222. The number of primary amides is 1. The molecule has 14 heavy (non-hydrogen) atoms. The van der Waals surface area contributed by atoms with Crippen molar-refractivity contribution in [1.29, 1.82) is 0 Å². The molecule has 3 N–H and O–H groups in total. The first kappa shape index (κ1) is 12.6. The molecular weight excluding hydrogens is 204 g/mol. The topological polar surface area (TPSA) is 64.3 Å². The van der Waals surface area contributed by atoms with Gasteiger partial charge in [-0.1, -0.05) is 18.2 Å². The van der Waals surface area contributed by atoms with Crippen LogP contribution in [0, 0.1) is 0 Å². The molecule has 0 atom stereocenters. The second kappa shape index (κ2) is 6.10. The molecule has 0 spiro atoms. The Kier molecular flexibility index (Phi) is 5.48. The summed E-state index contributed by atoms with van der Waals surface area (Å²) in [6.45, 7) is 0.388. The maximum absolute atomic E-state index is 10.4. The molecule has 0 fully saturated rings. The Labute approximate surface area is 88.8 Å². The molecular formula is C9H13ClN2O2. The molecule has 0 heterocycles. The molecule has 0 saturated carbocycles. The van der Waals surface area contributed by atoms with Crippen molar-refractivity contribution in [2.75, 3.05) is 7.11 Å². The van der Waals surface area contributed by atoms with Crippen molar-refractivity contribution in [2.45, 2.75) is 6.54 Å². The molecule has 0 aliphatic heterocycles. The van der Waals surface area contributed by atoms with Gasteiger partial charge >= 0.3 is 6.03 Å². The van der Waals surface area contributed by atoms with Gasteiger partial charge in [0.2, 0.25) is 0 Å². The minimum Gasteiger partial charge on any atom is -0.496 e. The summed E-state index contributed by atoms with van der Waals surface area (Å²) in [6.07, 6.45) is 0. The number of methoxy groups -OCH3 is 1. The number of rotatable bonds is 3. The van der Waals surface area contributed by atoms with Gasteiger partial charge in [-0.05, 0) is 6.07 Å². The van der Waals surface area contributed by atoms with Gasteiger partial charge in [0.05, 0.1) is 7.11 Å². The van der Waals surface area contributed by atoms with Gasteiger partial charge < -0.3 is 15.8 Å². The molecule has 1 rings (SSSR count). The van der Waals surface area contributed by atoms with Gasteiger partial charge in [0, 0.05) is 12.1 Å². The van der Waals surface area contributed by atoms with Gasteiger partial charge in [0.25, 0.3) is 0 Å². The monoisotopic (exact) mass is 216 g/mol. The maximum Gasteiger partial charge on any atom is 0.312 e. The molecule has 5 heteroatoms. The van der Waals surface area contributed by atoms with Crippen LogP contribution in [0.5, 0.6) is 5.75 Å². The van der Waals surface area contributed by atoms with E-state index < -0.39 is 6.03 Å². The highest BCUT2D eigenvalue weighted by atomic mass is 35.5. The number of urea groups is 1. The van der Waals surface area contributed by atoms with Crippen molar-refractivity contribution in [3.05, 3.63) is 29.8 Å². The zero-order valence-electron chi connectivity index (χ0n) is 7.82. The van der Waals surface area contributed by atoms with Crippen LogP contribution >= 0.6 is 12.4 Å². The van der Waals surface area contributed by atoms with Crippen LogP contribution < -0.4 is 15.8 Å². The average molecular weight is 217 g/mol. The number of halogens is 1. The lowest BCUT2D eigenvalue weighted by molar-refractivity contribution is 0.248. The first-order valence-corrected chi connectivity index (χ1v) is 3.89. The van der Waals surface area contributed by atoms with E-state index in [1.54, 1.807) is 7.11 Å². The Morgan fingerprint density at radius 2 is 2.14 bits per heavy atom. The molecule has 1 aromatic rings. The van der Waals surface area contributed by atoms with E-state index in [9.17, 15) is 4.79 Å². The number of carbonyl (C=O) groups is 1. The van der Waals surface area contributed by atoms with Crippen molar-refractivity contribution in [3.63, 3.8) is 0 Å². The summed E-state index contributed by atoms with van der Waals surface area (Å²) in [6, 6.07) is 6.91. The third kappa shape index (κ3) is 3.53. The zero-order valence-corrected chi connectivity index (χ0v) is 8.64. The smallest absolute Gasteiger partial charge is 0.312 e. The van der Waals surface area contributed by atoms with Crippen molar-refractivity contribution >= 4 is 18.4 Å². The Morgan fingerprint density at radius 1 is 1.50 bits per heavy atom. The zero-order chi connectivity index (χ0) is 9.68. The highest BCUT2D eigenvalue weighted by Gasteiger charge is 2.01. The van der Waals surface area contributed by atoms with E-state index in [1.165, 1.54) is 0 Å². The number of carbonyl (C=O) groups excluding carboxylic acids is 1. The van der Waals surface area contributed by atoms with Crippen molar-refractivity contribution in [3.8, 4) is 5.75 Å². The number of para-hydroxylation sites is 1. The lowest BCUT2D eigenvalue weighted by Gasteiger charge is -2.07. The third-order valence-electron chi connectivity index (χ3n) is 1.65. The van der Waals surface area contributed by atoms with E-state index >= 15 is 0 Å². The summed E-state index contributed by atoms with van der Waals surface area (Å²) in [4.78, 5) is 10.4. The fourth-order valence-electron chi connectivity index (χ4n) is 1.03. The predicted molar refractivity (Wildman–Crippen MR) is 56.7 cm³/mol. The molecule has 0 aliphatic rings. The molecule has 1 aromatic carbocycles. The van der Waals surface area contributed by atoms with Gasteiger partial charge in [0.1, 0.15) is 5.75 Å². The SMILES string of the molecule is COc1ccccc1CNC(N)=O.Cl. The van der Waals surface area contributed by atoms with Gasteiger partial charge in [-0.2, -0.15) is 0 Å². The largest absolute Gasteiger partial charge is 0.496 e. The van der Waals surface area contributed by atoms with Gasteiger partial charge in [-0.25, -0.2) is 4.79 Å². The van der Waals surface area contributed by atoms with Crippen LogP contribution in [0.3, 0.4) is 0 Å². The quantitative estimate of drug-likeness (QED) is 0.800. The van der Waals surface area contributed by atoms with E-state index in [4.69, 9.17) is 10.5 Å². The third-order valence-corrected chi connectivity index (χ3v) is 1.65. The van der Waals surface area contributed by atoms with Gasteiger partial charge in [-0.15, -0.1) is 12.4 Å². The van der Waals surface area contributed by atoms with Crippen molar-refractivity contribution in [2.24, 2.45) is 5.73 Å². The number of ether oxygens (including phenoxy) is 1. The highest BCUT2D eigenvalue weighted by molar-refractivity contribution is 5.85. The van der Waals surface area contributed by atoms with Crippen LogP contribution in [0.1, 0.15) is 5.56 Å². The van der Waals surface area contributed by atoms with Gasteiger partial charge in [0.15, 0.2) is 0 Å². The minimum atomic E-state index is -0.536. The van der Waals surface area contributed by atoms with Crippen LogP contribution in [0.4, 0.5) is 4.79 Å². The summed E-state index contributed by atoms with van der Waals surface area (Å²) < 4.78 is 5.09. The molecule has 0 saturated heterocycles. The van der Waals surface area contributed by atoms with Crippen LogP contribution in [0.25, 0.3) is 0 Å². The predicted octanol–water partition coefficient (Wildman–Crippen LogP) is 1.29. The molecule has 2 amide bonds. The van der Waals surface area contributed by atoms with Crippen LogP contribution in [0.15, 0.2) is 24.3 Å². The van der Waals surface area contributed by atoms with E-state index in [2.05, 4.69) is 5.32 Å². The first-order valence-electron chi connectivity index (χ1n) is 3.89.